The van der Waals surface area contributed by atoms with Crippen molar-refractivity contribution in [3.63, 3.8) is 0 Å². The highest BCUT2D eigenvalue weighted by molar-refractivity contribution is 7.80. The van der Waals surface area contributed by atoms with E-state index in [0.29, 0.717) is 17.9 Å². The second-order valence-corrected chi connectivity index (χ2v) is 6.29. The van der Waals surface area contributed by atoms with Crippen LogP contribution < -0.4 is 15.4 Å². The second-order valence-electron chi connectivity index (χ2n) is 5.48. The summed E-state index contributed by atoms with van der Waals surface area (Å²) in [4.78, 5) is 12.3. The summed E-state index contributed by atoms with van der Waals surface area (Å²) in [5, 5.41) is 4.79. The minimum absolute atomic E-state index is 0.0958. The van der Waals surface area contributed by atoms with Gasteiger partial charge in [-0.15, -0.1) is 0 Å². The highest BCUT2D eigenvalue weighted by Crippen LogP contribution is 2.33. The van der Waals surface area contributed by atoms with Crippen molar-refractivity contribution in [2.75, 3.05) is 11.9 Å². The van der Waals surface area contributed by atoms with Gasteiger partial charge in [0, 0.05) is 5.56 Å². The van der Waals surface area contributed by atoms with Crippen molar-refractivity contribution in [1.82, 2.24) is 5.32 Å². The fourth-order valence-corrected chi connectivity index (χ4v) is 2.50. The molecule has 0 radical (unpaired) electrons. The monoisotopic (exact) mass is 416 g/mol. The number of carbonyl (C=O) groups excluding carboxylic acids is 1. The number of nitrogens with one attached hydrogen (secondary N) is 2. The normalized spacial score (nSPS) is 11.0. The Bertz CT molecular complexity index is 844. The Balaban J connectivity index is 2.02. The largest absolute Gasteiger partial charge is 0.494 e. The number of hydrogen-bond acceptors (Lipinski definition) is 3. The summed E-state index contributed by atoms with van der Waals surface area (Å²) in [5.41, 5.74) is -0.404. The van der Waals surface area contributed by atoms with E-state index in [4.69, 9.17) is 28.6 Å². The van der Waals surface area contributed by atoms with Gasteiger partial charge in [0.25, 0.3) is 5.91 Å². The van der Waals surface area contributed by atoms with Crippen LogP contribution in [-0.4, -0.2) is 17.6 Å². The summed E-state index contributed by atoms with van der Waals surface area (Å²) >= 11 is 10.9. The van der Waals surface area contributed by atoms with E-state index in [1.165, 1.54) is 0 Å². The molecule has 0 fully saturated rings. The van der Waals surface area contributed by atoms with Crippen molar-refractivity contribution in [1.29, 1.82) is 0 Å². The Hall–Kier alpha value is -2.32. The summed E-state index contributed by atoms with van der Waals surface area (Å²) < 4.78 is 43.4. The van der Waals surface area contributed by atoms with Gasteiger partial charge in [-0.25, -0.2) is 0 Å². The van der Waals surface area contributed by atoms with Crippen LogP contribution in [0.25, 0.3) is 0 Å². The Morgan fingerprint density at radius 3 is 2.59 bits per heavy atom. The molecule has 0 saturated carbocycles. The molecule has 2 aromatic carbocycles. The number of halogens is 4. The molecule has 0 bridgehead atoms. The first-order valence-electron chi connectivity index (χ1n) is 7.92. The molecule has 0 spiro atoms. The lowest BCUT2D eigenvalue weighted by atomic mass is 10.2. The van der Waals surface area contributed by atoms with Crippen molar-refractivity contribution in [2.45, 2.75) is 19.5 Å². The molecule has 1 amide bonds. The van der Waals surface area contributed by atoms with Gasteiger partial charge in [-0.1, -0.05) is 24.6 Å². The molecule has 0 aliphatic heterocycles. The Morgan fingerprint density at radius 2 is 1.96 bits per heavy atom. The maximum Gasteiger partial charge on any atom is 0.416 e. The fourth-order valence-electron chi connectivity index (χ4n) is 2.07. The number of alkyl halides is 3. The van der Waals surface area contributed by atoms with Crippen molar-refractivity contribution in [3.8, 4) is 5.75 Å². The summed E-state index contributed by atoms with van der Waals surface area (Å²) in [6.07, 6.45) is -3.67. The van der Waals surface area contributed by atoms with Crippen LogP contribution in [0.1, 0.15) is 29.3 Å². The Kier molecular flexibility index (Phi) is 7.04. The number of carbonyl (C=O) groups is 1. The molecule has 2 rings (SSSR count). The van der Waals surface area contributed by atoms with Crippen LogP contribution in [-0.2, 0) is 6.18 Å². The van der Waals surface area contributed by atoms with Gasteiger partial charge in [-0.3, -0.25) is 10.1 Å². The average Bonchev–Trinajstić information content (AvgIpc) is 2.61. The highest BCUT2D eigenvalue weighted by atomic mass is 35.5. The predicted octanol–water partition coefficient (Wildman–Crippen LogP) is 5.27. The first-order valence-corrected chi connectivity index (χ1v) is 8.71. The maximum absolute atomic E-state index is 12.7. The number of hydrogen-bond donors (Lipinski definition) is 2. The minimum atomic E-state index is -4.50. The third-order valence-corrected chi connectivity index (χ3v) is 3.86. The first-order chi connectivity index (χ1) is 12.7. The summed E-state index contributed by atoms with van der Waals surface area (Å²) in [6.45, 7) is 2.49. The summed E-state index contributed by atoms with van der Waals surface area (Å²) in [5.74, 6) is 0.0617. The quantitative estimate of drug-likeness (QED) is 0.651. The van der Waals surface area contributed by atoms with Crippen LogP contribution in [0, 0.1) is 0 Å². The fraction of sp³-hybridized carbons (Fsp3) is 0.222. The van der Waals surface area contributed by atoms with E-state index in [9.17, 15) is 18.0 Å². The number of ether oxygens (including phenoxy) is 1. The molecule has 27 heavy (non-hydrogen) atoms. The second kappa shape index (κ2) is 9.05. The van der Waals surface area contributed by atoms with E-state index in [2.05, 4.69) is 10.6 Å². The molecule has 4 nitrogen and oxygen atoms in total. The van der Waals surface area contributed by atoms with Gasteiger partial charge in [0.05, 0.1) is 22.9 Å². The number of thiocarbonyl (C=S) groups is 1. The van der Waals surface area contributed by atoms with Crippen LogP contribution in [0.4, 0.5) is 18.9 Å². The molecule has 9 heteroatoms. The molecule has 0 unspecified atom stereocenters. The zero-order valence-electron chi connectivity index (χ0n) is 14.2. The summed E-state index contributed by atoms with van der Waals surface area (Å²) in [7, 11) is 0. The van der Waals surface area contributed by atoms with Gasteiger partial charge in [0.2, 0.25) is 0 Å². The smallest absolute Gasteiger partial charge is 0.416 e. The lowest BCUT2D eigenvalue weighted by Gasteiger charge is -2.13. The topological polar surface area (TPSA) is 50.4 Å². The minimum Gasteiger partial charge on any atom is -0.494 e. The predicted molar refractivity (Wildman–Crippen MR) is 102 cm³/mol. The van der Waals surface area contributed by atoms with Gasteiger partial charge in [0.1, 0.15) is 5.75 Å². The van der Waals surface area contributed by atoms with Crippen molar-refractivity contribution >= 4 is 40.5 Å². The molecule has 2 N–H and O–H groups in total. The zero-order valence-corrected chi connectivity index (χ0v) is 15.8. The van der Waals surface area contributed by atoms with Crippen molar-refractivity contribution < 1.29 is 22.7 Å². The summed E-state index contributed by atoms with van der Waals surface area (Å²) in [6, 6.07) is 9.34. The van der Waals surface area contributed by atoms with Gasteiger partial charge in [-0.2, -0.15) is 13.2 Å². The number of rotatable bonds is 5. The molecule has 0 heterocycles. The Morgan fingerprint density at radius 1 is 1.22 bits per heavy atom. The molecule has 0 aliphatic rings. The van der Waals surface area contributed by atoms with E-state index in [0.717, 1.165) is 24.6 Å². The standard InChI is InChI=1S/C18H16ClF3N2O2S/c1-2-8-26-13-5-3-4-11(9-13)16(25)24-17(27)23-15-7-6-12(10-14(15)19)18(20,21)22/h3-7,9-10H,2,8H2,1H3,(H2,23,24,25,27). The molecule has 0 atom stereocenters. The molecule has 0 aromatic heterocycles. The number of benzene rings is 2. The molecular formula is C18H16ClF3N2O2S. The molecule has 144 valence electrons. The van der Waals surface area contributed by atoms with Crippen LogP contribution in [0.3, 0.4) is 0 Å². The Labute approximate surface area is 164 Å². The van der Waals surface area contributed by atoms with E-state index in [-0.39, 0.29) is 15.8 Å². The van der Waals surface area contributed by atoms with E-state index in [1.54, 1.807) is 24.3 Å². The van der Waals surface area contributed by atoms with Crippen LogP contribution >= 0.6 is 23.8 Å². The molecule has 0 saturated heterocycles. The van der Waals surface area contributed by atoms with Gasteiger partial charge in [0.15, 0.2) is 5.11 Å². The number of amides is 1. The van der Waals surface area contributed by atoms with Crippen LogP contribution in [0.15, 0.2) is 42.5 Å². The van der Waals surface area contributed by atoms with Crippen molar-refractivity contribution in [2.24, 2.45) is 0 Å². The number of anilines is 1. The molecular weight excluding hydrogens is 401 g/mol. The third-order valence-electron chi connectivity index (χ3n) is 3.34. The van der Waals surface area contributed by atoms with Crippen LogP contribution in [0.5, 0.6) is 5.75 Å². The van der Waals surface area contributed by atoms with Gasteiger partial charge >= 0.3 is 6.18 Å². The lowest BCUT2D eigenvalue weighted by molar-refractivity contribution is -0.137. The van der Waals surface area contributed by atoms with E-state index >= 15 is 0 Å². The molecule has 0 aliphatic carbocycles. The van der Waals surface area contributed by atoms with Crippen molar-refractivity contribution in [3.05, 3.63) is 58.6 Å². The lowest BCUT2D eigenvalue weighted by Crippen LogP contribution is -2.34. The average molecular weight is 417 g/mol. The molecule has 2 aromatic rings. The van der Waals surface area contributed by atoms with E-state index < -0.39 is 17.6 Å². The first kappa shape index (κ1) is 21.0. The van der Waals surface area contributed by atoms with E-state index in [1.807, 2.05) is 6.92 Å². The SMILES string of the molecule is CCCOc1cccc(C(=O)NC(=S)Nc2ccc(C(F)(F)F)cc2Cl)c1. The maximum atomic E-state index is 12.7. The van der Waals surface area contributed by atoms with Crippen LogP contribution in [0.2, 0.25) is 5.02 Å². The van der Waals surface area contributed by atoms with Gasteiger partial charge in [-0.05, 0) is 55.0 Å². The van der Waals surface area contributed by atoms with Gasteiger partial charge < -0.3 is 10.1 Å². The zero-order chi connectivity index (χ0) is 20.0. The third kappa shape index (κ3) is 6.11. The highest BCUT2D eigenvalue weighted by Gasteiger charge is 2.30.